The monoisotopic (exact) mass is 719 g/mol. The number of aromatic nitrogens is 5. The van der Waals surface area contributed by atoms with E-state index in [2.05, 4.69) is 56.2 Å². The second-order valence-corrected chi connectivity index (χ2v) is 15.0. The van der Waals surface area contributed by atoms with Crippen LogP contribution in [0.3, 0.4) is 0 Å². The maximum absolute atomic E-state index is 13.3. The molecule has 10 nitrogen and oxygen atoms in total. The zero-order valence-electron chi connectivity index (χ0n) is 25.4. The molecule has 1 N–H and O–H groups in total. The Balaban J connectivity index is 1.43. The molecular weight excluding hydrogens is 677 g/mol. The molecule has 43 heavy (non-hydrogen) atoms. The summed E-state index contributed by atoms with van der Waals surface area (Å²) in [5, 5.41) is 21.8. The van der Waals surface area contributed by atoms with E-state index < -0.39 is 11.0 Å². The Morgan fingerprint density at radius 1 is 1.14 bits per heavy atom. The number of rotatable bonds is 5. The fraction of sp³-hybridized carbons (Fsp3) is 0.710. The highest BCUT2D eigenvalue weighted by Gasteiger charge is 2.49. The van der Waals surface area contributed by atoms with Gasteiger partial charge in [-0.3, -0.25) is 4.79 Å². The number of nitrogens with zero attached hydrogens (tertiary/aromatic N) is 7. The first kappa shape index (κ1) is 29.9. The Hall–Kier alpha value is -1.77. The number of Topliss-reactive ketones (excluding diaryl/α,β-unsaturated/α-hetero) is 1. The van der Waals surface area contributed by atoms with Gasteiger partial charge in [-0.05, 0) is 108 Å². The number of carbonyl (C=O) groups is 1. The van der Waals surface area contributed by atoms with Crippen LogP contribution in [0.15, 0.2) is 4.52 Å². The second kappa shape index (κ2) is 11.2. The van der Waals surface area contributed by atoms with Crippen LogP contribution in [0, 0.1) is 3.70 Å². The maximum Gasteiger partial charge on any atom is 0.186 e. The molecule has 1 spiro atoms. The molecule has 3 aromatic rings. The lowest BCUT2D eigenvalue weighted by atomic mass is 9.64. The van der Waals surface area contributed by atoms with Gasteiger partial charge in [-0.1, -0.05) is 11.6 Å². The summed E-state index contributed by atoms with van der Waals surface area (Å²) in [5.41, 5.74) is 0.976. The van der Waals surface area contributed by atoms with Gasteiger partial charge >= 0.3 is 0 Å². The third-order valence-electron chi connectivity index (χ3n) is 10.7. The minimum absolute atomic E-state index is 0.105. The first-order valence-electron chi connectivity index (χ1n) is 15.9. The van der Waals surface area contributed by atoms with Gasteiger partial charge in [-0.25, -0.2) is 14.6 Å². The van der Waals surface area contributed by atoms with Crippen LogP contribution in [0.5, 0.6) is 0 Å². The number of carbonyl (C=O) groups excluding carboxylic acids is 1. The zero-order chi connectivity index (χ0) is 30.1. The Labute approximate surface area is 271 Å². The van der Waals surface area contributed by atoms with Gasteiger partial charge in [0, 0.05) is 36.4 Å². The quantitative estimate of drug-likeness (QED) is 0.275. The predicted octanol–water partition coefficient (Wildman–Crippen LogP) is 5.11. The molecule has 3 fully saturated rings. The van der Waals surface area contributed by atoms with Crippen molar-refractivity contribution in [1.82, 2.24) is 29.8 Å². The Kier molecular flexibility index (Phi) is 7.82. The van der Waals surface area contributed by atoms with Gasteiger partial charge in [-0.2, -0.15) is 17.7 Å². The number of ketones is 1. The largest absolute Gasteiger partial charge is 0.388 e. The van der Waals surface area contributed by atoms with Crippen molar-refractivity contribution in [2.75, 3.05) is 30.8 Å². The molecule has 2 saturated heterocycles. The predicted molar refractivity (Wildman–Crippen MR) is 177 cm³/mol. The average Bonchev–Trinajstić information content (AvgIpc) is 3.71. The van der Waals surface area contributed by atoms with E-state index in [9.17, 15) is 9.90 Å². The molecule has 7 rings (SSSR count). The number of likely N-dealkylation sites (N-methyl/N-ethyl adjacent to an activating group) is 1. The van der Waals surface area contributed by atoms with Crippen LogP contribution in [-0.2, 0) is 16.6 Å². The van der Waals surface area contributed by atoms with Gasteiger partial charge in [0.25, 0.3) is 0 Å². The zero-order valence-corrected chi connectivity index (χ0v) is 28.4. The number of halogens is 1. The molecule has 12 heteroatoms. The van der Waals surface area contributed by atoms with Crippen LogP contribution in [0.1, 0.15) is 95.4 Å². The van der Waals surface area contributed by atoms with Crippen molar-refractivity contribution < 1.29 is 14.4 Å². The Morgan fingerprint density at radius 3 is 2.70 bits per heavy atom. The molecule has 3 aromatic heterocycles. The van der Waals surface area contributed by atoms with E-state index in [0.29, 0.717) is 42.7 Å². The van der Waals surface area contributed by atoms with Gasteiger partial charge < -0.3 is 19.4 Å². The van der Waals surface area contributed by atoms with E-state index in [-0.39, 0.29) is 17.9 Å². The van der Waals surface area contributed by atoms with Crippen molar-refractivity contribution in [1.29, 1.82) is 0 Å². The van der Waals surface area contributed by atoms with E-state index in [1.54, 1.807) is 0 Å². The normalized spacial score (nSPS) is 30.8. The summed E-state index contributed by atoms with van der Waals surface area (Å²) in [6, 6.07) is 0.577. The first-order chi connectivity index (χ1) is 20.6. The van der Waals surface area contributed by atoms with Gasteiger partial charge in [0.05, 0.1) is 22.4 Å². The molecule has 5 heterocycles. The molecule has 1 saturated carbocycles. The fourth-order valence-corrected chi connectivity index (χ4v) is 9.40. The Bertz CT molecular complexity index is 1560. The number of piperidine rings is 1. The average molecular weight is 720 g/mol. The summed E-state index contributed by atoms with van der Waals surface area (Å²) in [6.07, 6.45) is 9.74. The van der Waals surface area contributed by atoms with Crippen LogP contribution < -0.4 is 4.90 Å². The summed E-state index contributed by atoms with van der Waals surface area (Å²) in [7, 11) is 2.19. The lowest BCUT2D eigenvalue weighted by molar-refractivity contribution is -0.128. The Morgan fingerprint density at radius 2 is 1.95 bits per heavy atom. The van der Waals surface area contributed by atoms with E-state index >= 15 is 0 Å². The summed E-state index contributed by atoms with van der Waals surface area (Å²) in [4.78, 5) is 28.4. The van der Waals surface area contributed by atoms with Crippen molar-refractivity contribution in [3.05, 3.63) is 15.0 Å². The van der Waals surface area contributed by atoms with E-state index in [1.807, 2.05) is 6.92 Å². The molecule has 4 aliphatic rings. The molecule has 0 bridgehead atoms. The molecule has 0 amide bonds. The summed E-state index contributed by atoms with van der Waals surface area (Å²) in [5.74, 6) is 2.93. The molecule has 5 atom stereocenters. The summed E-state index contributed by atoms with van der Waals surface area (Å²) < 4.78 is 9.03. The van der Waals surface area contributed by atoms with Gasteiger partial charge in [0.15, 0.2) is 22.9 Å². The second-order valence-electron chi connectivity index (χ2n) is 13.6. The van der Waals surface area contributed by atoms with E-state index in [4.69, 9.17) is 32.2 Å². The van der Waals surface area contributed by atoms with Crippen LogP contribution in [0.2, 0.25) is 0 Å². The third-order valence-corrected chi connectivity index (χ3v) is 11.9. The minimum atomic E-state index is -0.848. The molecule has 2 aliphatic carbocycles. The van der Waals surface area contributed by atoms with Crippen molar-refractivity contribution in [2.45, 2.75) is 114 Å². The lowest BCUT2D eigenvalue weighted by Crippen LogP contribution is -2.52. The van der Waals surface area contributed by atoms with Crippen LogP contribution in [0.25, 0.3) is 22.6 Å². The van der Waals surface area contributed by atoms with Crippen molar-refractivity contribution in [3.8, 4) is 11.5 Å². The van der Waals surface area contributed by atoms with Gasteiger partial charge in [0.1, 0.15) is 15.3 Å². The number of thiol groups is 1. The van der Waals surface area contributed by atoms with Crippen LogP contribution in [0.4, 0.5) is 5.82 Å². The molecule has 0 radical (unpaired) electrons. The number of aliphatic hydroxyl groups is 1. The van der Waals surface area contributed by atoms with E-state index in [0.717, 1.165) is 89.8 Å². The number of hydrogen-bond donors (Lipinski definition) is 2. The minimum Gasteiger partial charge on any atom is -0.388 e. The smallest absolute Gasteiger partial charge is 0.186 e. The van der Waals surface area contributed by atoms with Gasteiger partial charge in [0.2, 0.25) is 0 Å². The van der Waals surface area contributed by atoms with E-state index in [1.165, 1.54) is 6.42 Å². The summed E-state index contributed by atoms with van der Waals surface area (Å²) in [6.45, 7) is 5.65. The lowest BCUT2D eigenvalue weighted by Gasteiger charge is -2.43. The standard InChI is InChI=1S/C31H42IN7O3S/c1-18(21-9-7-15-37(21)3)39-29-23(26(32)35-39)28(38-17-30(2,41)14-11-19(38)16-43)33-27(34-29)24-20-8-6-13-31(25(20)42-36-24)12-5-4-10-22(31)40/h18-19,21,41,43H,4-17H2,1-3H3/t18-,19+,21-,30+,31+/m0/s1. The van der Waals surface area contributed by atoms with Crippen molar-refractivity contribution in [2.24, 2.45) is 0 Å². The number of fused-ring (bicyclic) bond motifs is 3. The molecule has 2 aliphatic heterocycles. The highest BCUT2D eigenvalue weighted by atomic mass is 127. The van der Waals surface area contributed by atoms with Crippen LogP contribution in [-0.4, -0.2) is 84.3 Å². The fourth-order valence-electron chi connectivity index (χ4n) is 8.30. The molecular formula is C31H42IN7O3S. The first-order valence-corrected chi connectivity index (χ1v) is 17.6. The summed E-state index contributed by atoms with van der Waals surface area (Å²) >= 11 is 7.03. The molecule has 232 valence electrons. The molecule has 0 unspecified atom stereocenters. The molecule has 0 aromatic carbocycles. The van der Waals surface area contributed by atoms with Crippen molar-refractivity contribution >= 4 is 57.9 Å². The third kappa shape index (κ3) is 4.93. The topological polar surface area (TPSA) is 113 Å². The number of hydrogen-bond acceptors (Lipinski definition) is 10. The number of anilines is 1. The highest BCUT2D eigenvalue weighted by molar-refractivity contribution is 14.1. The maximum atomic E-state index is 13.3. The SMILES string of the molecule is C[C@@H]([C@@H]1CCCN1C)n1nc(I)c2c(N3C[C@](C)(O)CC[C@@H]3CS)nc(-c3noc4c3CCC[C@@]43CCCCC3=O)nc21. The van der Waals surface area contributed by atoms with Gasteiger partial charge in [-0.15, -0.1) is 0 Å². The highest BCUT2D eigenvalue weighted by Crippen LogP contribution is 2.48. The van der Waals surface area contributed by atoms with Crippen molar-refractivity contribution in [3.63, 3.8) is 0 Å². The number of likely N-dealkylation sites (tertiary alicyclic amines) is 1. The van der Waals surface area contributed by atoms with Crippen LogP contribution >= 0.6 is 35.2 Å². The number of β-amino-alcohol motifs (C(OH)–C–C–N with tert-alkyl or cyclic N) is 1.